The van der Waals surface area contributed by atoms with Gasteiger partial charge in [0.2, 0.25) is 0 Å². The Bertz CT molecular complexity index is 255. The fraction of sp³-hybridized carbons (Fsp3) is 1.00. The maximum atomic E-state index is 11.5. The number of hydrogen-bond donors (Lipinski definition) is 1. The molecule has 0 spiro atoms. The summed E-state index contributed by atoms with van der Waals surface area (Å²) >= 11 is 0. The van der Waals surface area contributed by atoms with E-state index in [1.165, 1.54) is 0 Å². The van der Waals surface area contributed by atoms with Crippen LogP contribution in [0, 0.1) is 5.41 Å². The topological polar surface area (TPSA) is 60.2 Å². The molecule has 0 aliphatic rings. The average Bonchev–Trinajstić information content (AvgIpc) is 2.03. The fourth-order valence-corrected chi connectivity index (χ4v) is 2.11. The van der Waals surface area contributed by atoms with Gasteiger partial charge in [-0.15, -0.1) is 0 Å². The summed E-state index contributed by atoms with van der Waals surface area (Å²) in [7, 11) is -2.87. The van der Waals surface area contributed by atoms with Gasteiger partial charge in [0, 0.05) is 0 Å². The largest absolute Gasteiger partial charge is 0.330 e. The van der Waals surface area contributed by atoms with Crippen LogP contribution in [-0.4, -0.2) is 26.0 Å². The first-order chi connectivity index (χ1) is 6.21. The zero-order valence-corrected chi connectivity index (χ0v) is 10.5. The lowest BCUT2D eigenvalue weighted by molar-refractivity contribution is 0.344. The van der Waals surface area contributed by atoms with Gasteiger partial charge in [0.15, 0.2) is 9.84 Å². The van der Waals surface area contributed by atoms with Crippen LogP contribution in [0.25, 0.3) is 0 Å². The van der Waals surface area contributed by atoms with Crippen LogP contribution in [0.3, 0.4) is 0 Å². The molecule has 0 saturated carbocycles. The lowest BCUT2D eigenvalue weighted by Crippen LogP contribution is -2.25. The van der Waals surface area contributed by atoms with Gasteiger partial charge in [-0.05, 0) is 38.6 Å². The Morgan fingerprint density at radius 2 is 1.79 bits per heavy atom. The molecule has 3 nitrogen and oxygen atoms in total. The summed E-state index contributed by atoms with van der Waals surface area (Å²) in [5.41, 5.74) is 5.63. The van der Waals surface area contributed by atoms with E-state index in [-0.39, 0.29) is 16.4 Å². The Labute approximate surface area is 88.0 Å². The van der Waals surface area contributed by atoms with Crippen molar-refractivity contribution in [2.45, 2.75) is 45.8 Å². The first-order valence-corrected chi connectivity index (χ1v) is 6.84. The highest BCUT2D eigenvalue weighted by atomic mass is 32.2. The van der Waals surface area contributed by atoms with E-state index in [2.05, 4.69) is 13.8 Å². The van der Waals surface area contributed by atoms with E-state index in [0.29, 0.717) is 13.0 Å². The highest BCUT2D eigenvalue weighted by Crippen LogP contribution is 2.21. The van der Waals surface area contributed by atoms with Crippen LogP contribution in [-0.2, 0) is 9.84 Å². The lowest BCUT2D eigenvalue weighted by Gasteiger charge is -2.22. The highest BCUT2D eigenvalue weighted by Gasteiger charge is 2.19. The zero-order chi connectivity index (χ0) is 11.4. The van der Waals surface area contributed by atoms with Crippen LogP contribution in [0.2, 0.25) is 0 Å². The predicted molar refractivity (Wildman–Crippen MR) is 61.0 cm³/mol. The highest BCUT2D eigenvalue weighted by molar-refractivity contribution is 7.91. The van der Waals surface area contributed by atoms with E-state index in [1.54, 1.807) is 13.8 Å². The van der Waals surface area contributed by atoms with Gasteiger partial charge in [-0.25, -0.2) is 8.42 Å². The van der Waals surface area contributed by atoms with Crippen molar-refractivity contribution >= 4 is 9.84 Å². The fourth-order valence-electron chi connectivity index (χ4n) is 1.09. The first kappa shape index (κ1) is 13.9. The summed E-state index contributed by atoms with van der Waals surface area (Å²) in [6.45, 7) is 8.19. The maximum Gasteiger partial charge on any atom is 0.152 e. The first-order valence-electron chi connectivity index (χ1n) is 5.13. The quantitative estimate of drug-likeness (QED) is 0.740. The Morgan fingerprint density at radius 3 is 2.14 bits per heavy atom. The minimum Gasteiger partial charge on any atom is -0.330 e. The SMILES string of the molecule is CC(C)S(=O)(=O)CCCC(C)(C)CN. The van der Waals surface area contributed by atoms with Gasteiger partial charge >= 0.3 is 0 Å². The molecule has 14 heavy (non-hydrogen) atoms. The number of rotatable bonds is 6. The molecule has 0 rings (SSSR count). The molecule has 0 amide bonds. The normalized spacial score (nSPS) is 13.6. The van der Waals surface area contributed by atoms with Crippen LogP contribution < -0.4 is 5.73 Å². The third-order valence-electron chi connectivity index (χ3n) is 2.55. The van der Waals surface area contributed by atoms with Crippen molar-refractivity contribution in [3.8, 4) is 0 Å². The van der Waals surface area contributed by atoms with Crippen molar-refractivity contribution in [1.82, 2.24) is 0 Å². The Balaban J connectivity index is 3.98. The molecule has 0 aliphatic heterocycles. The summed E-state index contributed by atoms with van der Waals surface area (Å²) in [6, 6.07) is 0. The third-order valence-corrected chi connectivity index (χ3v) is 4.85. The Hall–Kier alpha value is -0.0900. The number of nitrogens with two attached hydrogens (primary N) is 1. The summed E-state index contributed by atoms with van der Waals surface area (Å²) < 4.78 is 22.9. The van der Waals surface area contributed by atoms with Gasteiger partial charge in [0.1, 0.15) is 0 Å². The number of hydrogen-bond acceptors (Lipinski definition) is 3. The molecule has 0 bridgehead atoms. The van der Waals surface area contributed by atoms with Gasteiger partial charge in [0.25, 0.3) is 0 Å². The smallest absolute Gasteiger partial charge is 0.152 e. The van der Waals surface area contributed by atoms with E-state index in [4.69, 9.17) is 5.73 Å². The molecular weight excluding hydrogens is 198 g/mol. The van der Waals surface area contributed by atoms with Crippen molar-refractivity contribution in [1.29, 1.82) is 0 Å². The molecule has 0 heterocycles. The van der Waals surface area contributed by atoms with E-state index in [0.717, 1.165) is 6.42 Å². The molecule has 4 heteroatoms. The van der Waals surface area contributed by atoms with Gasteiger partial charge in [-0.1, -0.05) is 13.8 Å². The van der Waals surface area contributed by atoms with E-state index >= 15 is 0 Å². The molecule has 86 valence electrons. The molecule has 0 fully saturated rings. The van der Waals surface area contributed by atoms with Crippen molar-refractivity contribution < 1.29 is 8.42 Å². The molecule has 0 atom stereocenters. The standard InChI is InChI=1S/C10H23NO2S/c1-9(2)14(12,13)7-5-6-10(3,4)8-11/h9H,5-8,11H2,1-4H3. The van der Waals surface area contributed by atoms with Crippen molar-refractivity contribution in [3.05, 3.63) is 0 Å². The molecule has 0 radical (unpaired) electrons. The lowest BCUT2D eigenvalue weighted by atomic mass is 9.88. The monoisotopic (exact) mass is 221 g/mol. The van der Waals surface area contributed by atoms with E-state index in [1.807, 2.05) is 0 Å². The van der Waals surface area contributed by atoms with Crippen molar-refractivity contribution in [2.24, 2.45) is 11.1 Å². The molecule has 0 aliphatic carbocycles. The van der Waals surface area contributed by atoms with Gasteiger partial charge in [-0.3, -0.25) is 0 Å². The molecule has 0 aromatic carbocycles. The Kier molecular flexibility index (Phi) is 5.09. The summed E-state index contributed by atoms with van der Waals surface area (Å²) in [5, 5.41) is -0.261. The predicted octanol–water partition coefficient (Wildman–Crippen LogP) is 1.57. The average molecular weight is 221 g/mol. The summed E-state index contributed by atoms with van der Waals surface area (Å²) in [5.74, 6) is 0.286. The molecule has 0 aromatic heterocycles. The molecular formula is C10H23NO2S. The Morgan fingerprint density at radius 1 is 1.29 bits per heavy atom. The second-order valence-electron chi connectivity index (χ2n) is 4.89. The van der Waals surface area contributed by atoms with Gasteiger partial charge in [0.05, 0.1) is 11.0 Å². The second kappa shape index (κ2) is 5.12. The molecule has 2 N–H and O–H groups in total. The van der Waals surface area contributed by atoms with Crippen LogP contribution >= 0.6 is 0 Å². The van der Waals surface area contributed by atoms with Gasteiger partial charge < -0.3 is 5.73 Å². The summed E-state index contributed by atoms with van der Waals surface area (Å²) in [6.07, 6.45) is 1.58. The number of sulfone groups is 1. The summed E-state index contributed by atoms with van der Waals surface area (Å²) in [4.78, 5) is 0. The van der Waals surface area contributed by atoms with Crippen LogP contribution in [0.5, 0.6) is 0 Å². The van der Waals surface area contributed by atoms with E-state index in [9.17, 15) is 8.42 Å². The van der Waals surface area contributed by atoms with Gasteiger partial charge in [-0.2, -0.15) is 0 Å². The van der Waals surface area contributed by atoms with Crippen LogP contribution in [0.1, 0.15) is 40.5 Å². The minimum absolute atomic E-state index is 0.0620. The maximum absolute atomic E-state index is 11.5. The zero-order valence-electron chi connectivity index (χ0n) is 9.71. The van der Waals surface area contributed by atoms with Crippen LogP contribution in [0.4, 0.5) is 0 Å². The van der Waals surface area contributed by atoms with Crippen LogP contribution in [0.15, 0.2) is 0 Å². The third kappa shape index (κ3) is 4.96. The van der Waals surface area contributed by atoms with E-state index < -0.39 is 9.84 Å². The molecule has 0 aromatic rings. The van der Waals surface area contributed by atoms with Crippen molar-refractivity contribution in [2.75, 3.05) is 12.3 Å². The molecule has 0 unspecified atom stereocenters. The second-order valence-corrected chi connectivity index (χ2v) is 7.56. The minimum atomic E-state index is -2.87. The molecule has 0 saturated heterocycles. The van der Waals surface area contributed by atoms with Crippen molar-refractivity contribution in [3.63, 3.8) is 0 Å².